The molecule has 2 aromatic rings. The highest BCUT2D eigenvalue weighted by Crippen LogP contribution is 2.31. The van der Waals surface area contributed by atoms with E-state index >= 15 is 0 Å². The van der Waals surface area contributed by atoms with E-state index < -0.39 is 0 Å². The minimum atomic E-state index is 0.322. The molecule has 0 saturated carbocycles. The van der Waals surface area contributed by atoms with E-state index in [1.165, 1.54) is 5.57 Å². The first kappa shape index (κ1) is 12.0. The summed E-state index contributed by atoms with van der Waals surface area (Å²) < 4.78 is 0. The molecule has 95 valence electrons. The number of allylic oxidation sites excluding steroid dienone is 4. The molecular formula is C17H16NO. The van der Waals surface area contributed by atoms with Gasteiger partial charge < -0.3 is 5.11 Å². The average molecular weight is 250 g/mol. The number of aromatic hydroxyl groups is 1. The first-order valence-corrected chi connectivity index (χ1v) is 6.52. The van der Waals surface area contributed by atoms with Crippen LogP contribution in [0.25, 0.3) is 10.9 Å². The number of nitrogens with zero attached hydrogens (tertiary/aromatic N) is 1. The molecular weight excluding hydrogens is 234 g/mol. The number of benzene rings is 1. The van der Waals surface area contributed by atoms with Crippen LogP contribution in [0.2, 0.25) is 0 Å². The summed E-state index contributed by atoms with van der Waals surface area (Å²) in [4.78, 5) is 4.44. The SMILES string of the molecule is Cc1nc2ccccc2c(CC2=CC[CH]C=C2)c1O. The summed E-state index contributed by atoms with van der Waals surface area (Å²) in [6, 6.07) is 7.98. The minimum Gasteiger partial charge on any atom is -0.506 e. The van der Waals surface area contributed by atoms with Crippen molar-refractivity contribution in [2.24, 2.45) is 0 Å². The van der Waals surface area contributed by atoms with Crippen LogP contribution in [0, 0.1) is 13.3 Å². The highest BCUT2D eigenvalue weighted by atomic mass is 16.3. The van der Waals surface area contributed by atoms with Crippen LogP contribution in [-0.2, 0) is 6.42 Å². The molecule has 1 N–H and O–H groups in total. The normalized spacial score (nSPS) is 14.7. The number of aryl methyl sites for hydroxylation is 1. The summed E-state index contributed by atoms with van der Waals surface area (Å²) in [5.74, 6) is 0.322. The second-order valence-electron chi connectivity index (χ2n) is 4.83. The van der Waals surface area contributed by atoms with Crippen LogP contribution < -0.4 is 0 Å². The van der Waals surface area contributed by atoms with Crippen molar-refractivity contribution in [3.05, 3.63) is 65.7 Å². The van der Waals surface area contributed by atoms with Gasteiger partial charge in [-0.15, -0.1) is 0 Å². The third kappa shape index (κ3) is 2.26. The highest BCUT2D eigenvalue weighted by molar-refractivity contribution is 5.85. The summed E-state index contributed by atoms with van der Waals surface area (Å²) in [5, 5.41) is 11.3. The molecule has 0 amide bonds. The van der Waals surface area contributed by atoms with Crippen molar-refractivity contribution in [3.8, 4) is 5.75 Å². The summed E-state index contributed by atoms with van der Waals surface area (Å²) >= 11 is 0. The lowest BCUT2D eigenvalue weighted by Crippen LogP contribution is -1.97. The predicted molar refractivity (Wildman–Crippen MR) is 78.0 cm³/mol. The Kier molecular flexibility index (Phi) is 3.08. The van der Waals surface area contributed by atoms with E-state index in [0.717, 1.165) is 29.3 Å². The third-order valence-corrected chi connectivity index (χ3v) is 3.49. The molecule has 1 aliphatic rings. The molecule has 1 aromatic heterocycles. The maximum absolute atomic E-state index is 10.3. The van der Waals surface area contributed by atoms with Gasteiger partial charge in [-0.25, -0.2) is 4.98 Å². The minimum absolute atomic E-state index is 0.322. The van der Waals surface area contributed by atoms with E-state index in [-0.39, 0.29) is 0 Å². The first-order chi connectivity index (χ1) is 9.25. The lowest BCUT2D eigenvalue weighted by atomic mass is 9.96. The van der Waals surface area contributed by atoms with Crippen molar-refractivity contribution < 1.29 is 5.11 Å². The monoisotopic (exact) mass is 250 g/mol. The molecule has 2 heteroatoms. The van der Waals surface area contributed by atoms with Crippen molar-refractivity contribution in [3.63, 3.8) is 0 Å². The molecule has 0 spiro atoms. The fraction of sp³-hybridized carbons (Fsp3) is 0.176. The van der Waals surface area contributed by atoms with Gasteiger partial charge in [0.05, 0.1) is 11.2 Å². The summed E-state index contributed by atoms with van der Waals surface area (Å²) in [7, 11) is 0. The zero-order valence-corrected chi connectivity index (χ0v) is 10.9. The van der Waals surface area contributed by atoms with Crippen LogP contribution in [0.4, 0.5) is 0 Å². The Balaban J connectivity index is 2.13. The molecule has 1 aliphatic carbocycles. The molecule has 1 aromatic carbocycles. The van der Waals surface area contributed by atoms with Gasteiger partial charge in [0.25, 0.3) is 0 Å². The van der Waals surface area contributed by atoms with Gasteiger partial charge in [-0.05, 0) is 31.4 Å². The van der Waals surface area contributed by atoms with Crippen molar-refractivity contribution in [1.82, 2.24) is 4.98 Å². The molecule has 0 bridgehead atoms. The van der Waals surface area contributed by atoms with Crippen LogP contribution >= 0.6 is 0 Å². The van der Waals surface area contributed by atoms with Crippen LogP contribution in [0.5, 0.6) is 5.75 Å². The van der Waals surface area contributed by atoms with Crippen molar-refractivity contribution in [1.29, 1.82) is 0 Å². The van der Waals surface area contributed by atoms with Gasteiger partial charge in [-0.3, -0.25) is 0 Å². The highest BCUT2D eigenvalue weighted by Gasteiger charge is 2.12. The van der Waals surface area contributed by atoms with Gasteiger partial charge in [0.15, 0.2) is 0 Å². The lowest BCUT2D eigenvalue weighted by molar-refractivity contribution is 0.463. The molecule has 0 saturated heterocycles. The standard InChI is InChI=1S/C17H16NO/c1-12-17(19)15(11-13-7-3-2-4-8-13)14-9-5-6-10-16(14)18-12/h2-3,5-10,19H,4,11H2,1H3. The van der Waals surface area contributed by atoms with Crippen LogP contribution in [0.15, 0.2) is 48.1 Å². The van der Waals surface area contributed by atoms with E-state index in [2.05, 4.69) is 29.6 Å². The number of hydrogen-bond acceptors (Lipinski definition) is 2. The fourth-order valence-corrected chi connectivity index (χ4v) is 2.48. The molecule has 1 heterocycles. The second-order valence-corrected chi connectivity index (χ2v) is 4.83. The number of pyridine rings is 1. The zero-order valence-electron chi connectivity index (χ0n) is 10.9. The molecule has 0 fully saturated rings. The average Bonchev–Trinajstić information content (AvgIpc) is 2.45. The molecule has 19 heavy (non-hydrogen) atoms. The van der Waals surface area contributed by atoms with E-state index in [0.29, 0.717) is 11.4 Å². The van der Waals surface area contributed by atoms with Gasteiger partial charge in [-0.1, -0.05) is 36.4 Å². The van der Waals surface area contributed by atoms with Gasteiger partial charge >= 0.3 is 0 Å². The fourth-order valence-electron chi connectivity index (χ4n) is 2.48. The number of hydrogen-bond donors (Lipinski definition) is 1. The Morgan fingerprint density at radius 2 is 2.11 bits per heavy atom. The molecule has 0 aliphatic heterocycles. The maximum atomic E-state index is 10.3. The maximum Gasteiger partial charge on any atom is 0.140 e. The Bertz CT molecular complexity index is 683. The predicted octanol–water partition coefficient (Wildman–Crippen LogP) is 3.88. The zero-order chi connectivity index (χ0) is 13.2. The smallest absolute Gasteiger partial charge is 0.140 e. The summed E-state index contributed by atoms with van der Waals surface area (Å²) in [6.45, 7) is 1.85. The Hall–Kier alpha value is -2.09. The third-order valence-electron chi connectivity index (χ3n) is 3.49. The molecule has 3 rings (SSSR count). The van der Waals surface area contributed by atoms with E-state index in [4.69, 9.17) is 0 Å². The molecule has 0 atom stereocenters. The summed E-state index contributed by atoms with van der Waals surface area (Å²) in [6.07, 6.45) is 10.2. The first-order valence-electron chi connectivity index (χ1n) is 6.52. The Morgan fingerprint density at radius 1 is 1.26 bits per heavy atom. The van der Waals surface area contributed by atoms with Gasteiger partial charge in [0.2, 0.25) is 0 Å². The van der Waals surface area contributed by atoms with E-state index in [1.807, 2.05) is 31.2 Å². The van der Waals surface area contributed by atoms with Crippen molar-refractivity contribution in [2.45, 2.75) is 19.8 Å². The van der Waals surface area contributed by atoms with Crippen molar-refractivity contribution >= 4 is 10.9 Å². The number of rotatable bonds is 2. The quantitative estimate of drug-likeness (QED) is 0.877. The van der Waals surface area contributed by atoms with Gasteiger partial charge in [0.1, 0.15) is 5.75 Å². The molecule has 1 radical (unpaired) electrons. The summed E-state index contributed by atoms with van der Waals surface area (Å²) in [5.41, 5.74) is 3.86. The number of fused-ring (bicyclic) bond motifs is 1. The van der Waals surface area contributed by atoms with Gasteiger partial charge in [-0.2, -0.15) is 0 Å². The van der Waals surface area contributed by atoms with Crippen LogP contribution in [-0.4, -0.2) is 10.1 Å². The van der Waals surface area contributed by atoms with Crippen LogP contribution in [0.1, 0.15) is 17.7 Å². The molecule has 0 unspecified atom stereocenters. The second kappa shape index (κ2) is 4.88. The van der Waals surface area contributed by atoms with E-state index in [1.54, 1.807) is 0 Å². The van der Waals surface area contributed by atoms with E-state index in [9.17, 15) is 5.11 Å². The lowest BCUT2D eigenvalue weighted by Gasteiger charge is -2.13. The Labute approximate surface area is 113 Å². The Morgan fingerprint density at radius 3 is 2.89 bits per heavy atom. The molecule has 2 nitrogen and oxygen atoms in total. The van der Waals surface area contributed by atoms with Crippen LogP contribution in [0.3, 0.4) is 0 Å². The van der Waals surface area contributed by atoms with Gasteiger partial charge in [0, 0.05) is 17.4 Å². The van der Waals surface area contributed by atoms with Crippen molar-refractivity contribution in [2.75, 3.05) is 0 Å². The number of aromatic nitrogens is 1. The largest absolute Gasteiger partial charge is 0.506 e. The topological polar surface area (TPSA) is 33.1 Å². The number of para-hydroxylation sites is 1.